The number of hydrogen-bond acceptors (Lipinski definition) is 3. The van der Waals surface area contributed by atoms with Gasteiger partial charge in [-0.1, -0.05) is 39.5 Å². The predicted octanol–water partition coefficient (Wildman–Crippen LogP) is 9.32. The van der Waals surface area contributed by atoms with E-state index in [1.807, 2.05) is 0 Å². The van der Waals surface area contributed by atoms with E-state index in [1.54, 1.807) is 0 Å². The molecule has 3 aliphatic carbocycles. The molecule has 1 aromatic carbocycles. The zero-order chi connectivity index (χ0) is 27.1. The highest BCUT2D eigenvalue weighted by Crippen LogP contribution is 2.42. The standard InChI is InChI=1S/C31H46F4O3/c1-3-4-22-7-11-24(12-8-22)25-13-9-23(10-14-25)19-36-27-17-18-28(30(33)29(27)32)38-31(34,35)20-37-26-15-5-21(2)6-16-26/h17-18,21-26H,3-16,19-20H2,1-2H3. The number of hydrogen-bond donors (Lipinski definition) is 0. The van der Waals surface area contributed by atoms with Crippen molar-refractivity contribution < 1.29 is 31.8 Å². The average molecular weight is 543 g/mol. The number of ether oxygens (including phenoxy) is 3. The molecule has 0 bridgehead atoms. The Kier molecular flexibility index (Phi) is 10.6. The Bertz CT molecular complexity index is 855. The lowest BCUT2D eigenvalue weighted by molar-refractivity contribution is -0.223. The summed E-state index contributed by atoms with van der Waals surface area (Å²) in [6.07, 6.45) is 11.7. The maximum absolute atomic E-state index is 14.6. The zero-order valence-corrected chi connectivity index (χ0v) is 23.2. The van der Waals surface area contributed by atoms with E-state index in [0.717, 1.165) is 62.3 Å². The molecule has 0 atom stereocenters. The molecule has 0 aromatic heterocycles. The van der Waals surface area contributed by atoms with Crippen LogP contribution in [0, 0.1) is 41.2 Å². The minimum Gasteiger partial charge on any atom is -0.490 e. The van der Waals surface area contributed by atoms with E-state index < -0.39 is 30.1 Å². The summed E-state index contributed by atoms with van der Waals surface area (Å²) in [4.78, 5) is 0. The van der Waals surface area contributed by atoms with Crippen LogP contribution in [0.15, 0.2) is 12.1 Å². The van der Waals surface area contributed by atoms with Crippen molar-refractivity contribution in [2.24, 2.45) is 29.6 Å². The lowest BCUT2D eigenvalue weighted by atomic mass is 9.69. The first kappa shape index (κ1) is 29.5. The average Bonchev–Trinajstić information content (AvgIpc) is 2.91. The van der Waals surface area contributed by atoms with E-state index in [-0.39, 0.29) is 11.9 Å². The van der Waals surface area contributed by atoms with Crippen LogP contribution in [0.5, 0.6) is 11.5 Å². The Morgan fingerprint density at radius 2 is 1.32 bits per heavy atom. The summed E-state index contributed by atoms with van der Waals surface area (Å²) in [7, 11) is 0. The van der Waals surface area contributed by atoms with Crippen LogP contribution in [0.4, 0.5) is 17.6 Å². The quantitative estimate of drug-likeness (QED) is 0.261. The normalized spacial score (nSPS) is 30.7. The first-order valence-electron chi connectivity index (χ1n) is 15.0. The van der Waals surface area contributed by atoms with E-state index in [9.17, 15) is 17.6 Å². The van der Waals surface area contributed by atoms with Crippen molar-refractivity contribution >= 4 is 0 Å². The van der Waals surface area contributed by atoms with Gasteiger partial charge < -0.3 is 14.2 Å². The highest BCUT2D eigenvalue weighted by atomic mass is 19.3. The molecule has 0 unspecified atom stereocenters. The molecule has 0 spiro atoms. The van der Waals surface area contributed by atoms with E-state index in [1.165, 1.54) is 44.6 Å². The molecule has 0 aliphatic heterocycles. The van der Waals surface area contributed by atoms with Crippen LogP contribution in [0.25, 0.3) is 0 Å². The van der Waals surface area contributed by atoms with Gasteiger partial charge in [0.25, 0.3) is 0 Å². The van der Waals surface area contributed by atoms with Gasteiger partial charge in [-0.05, 0) is 106 Å². The van der Waals surface area contributed by atoms with Gasteiger partial charge in [-0.2, -0.15) is 17.6 Å². The molecular formula is C31H46F4O3. The van der Waals surface area contributed by atoms with Crippen LogP contribution in [-0.2, 0) is 4.74 Å². The number of benzene rings is 1. The molecule has 4 rings (SSSR count). The molecule has 0 radical (unpaired) electrons. The number of halogens is 4. The highest BCUT2D eigenvalue weighted by molar-refractivity contribution is 5.35. The van der Waals surface area contributed by atoms with E-state index >= 15 is 0 Å². The maximum atomic E-state index is 14.6. The third-order valence-electron chi connectivity index (χ3n) is 9.34. The Labute approximate surface area is 226 Å². The molecule has 7 heteroatoms. The molecule has 216 valence electrons. The fourth-order valence-electron chi connectivity index (χ4n) is 6.90. The second-order valence-corrected chi connectivity index (χ2v) is 12.3. The van der Waals surface area contributed by atoms with Gasteiger partial charge in [-0.15, -0.1) is 0 Å². The van der Waals surface area contributed by atoms with Gasteiger partial charge in [-0.3, -0.25) is 0 Å². The molecule has 3 saturated carbocycles. The monoisotopic (exact) mass is 542 g/mol. The molecule has 1 aromatic rings. The Morgan fingerprint density at radius 1 is 0.763 bits per heavy atom. The maximum Gasteiger partial charge on any atom is 0.422 e. The fourth-order valence-corrected chi connectivity index (χ4v) is 6.90. The number of alkyl halides is 2. The topological polar surface area (TPSA) is 27.7 Å². The van der Waals surface area contributed by atoms with Crippen LogP contribution in [0.3, 0.4) is 0 Å². The van der Waals surface area contributed by atoms with Crippen molar-refractivity contribution in [1.29, 1.82) is 0 Å². The zero-order valence-electron chi connectivity index (χ0n) is 23.2. The molecule has 0 N–H and O–H groups in total. The van der Waals surface area contributed by atoms with Gasteiger partial charge in [0.1, 0.15) is 0 Å². The summed E-state index contributed by atoms with van der Waals surface area (Å²) >= 11 is 0. The third kappa shape index (κ3) is 8.25. The van der Waals surface area contributed by atoms with Crippen molar-refractivity contribution in [3.8, 4) is 11.5 Å². The van der Waals surface area contributed by atoms with Crippen molar-refractivity contribution in [2.75, 3.05) is 13.2 Å². The van der Waals surface area contributed by atoms with Crippen molar-refractivity contribution in [2.45, 2.75) is 116 Å². The predicted molar refractivity (Wildman–Crippen MR) is 141 cm³/mol. The van der Waals surface area contributed by atoms with Gasteiger partial charge >= 0.3 is 6.11 Å². The van der Waals surface area contributed by atoms with Crippen molar-refractivity contribution in [3.05, 3.63) is 23.8 Å². The number of rotatable bonds is 11. The third-order valence-corrected chi connectivity index (χ3v) is 9.34. The minimum atomic E-state index is -3.76. The van der Waals surface area contributed by atoms with Gasteiger partial charge in [-0.25, -0.2) is 0 Å². The fraction of sp³-hybridized carbons (Fsp3) is 0.806. The van der Waals surface area contributed by atoms with Gasteiger partial charge in [0, 0.05) is 0 Å². The molecule has 38 heavy (non-hydrogen) atoms. The van der Waals surface area contributed by atoms with Gasteiger partial charge in [0.05, 0.1) is 12.7 Å². The van der Waals surface area contributed by atoms with Crippen molar-refractivity contribution in [1.82, 2.24) is 0 Å². The lowest BCUT2D eigenvalue weighted by Gasteiger charge is -2.37. The van der Waals surface area contributed by atoms with Gasteiger partial charge in [0.15, 0.2) is 18.1 Å². The summed E-state index contributed by atoms with van der Waals surface area (Å²) in [5, 5.41) is 0. The first-order valence-corrected chi connectivity index (χ1v) is 15.0. The second kappa shape index (κ2) is 13.7. The molecule has 3 nitrogen and oxygen atoms in total. The van der Waals surface area contributed by atoms with E-state index in [2.05, 4.69) is 18.6 Å². The Balaban J connectivity index is 1.20. The summed E-state index contributed by atoms with van der Waals surface area (Å²) < 4.78 is 73.3. The summed E-state index contributed by atoms with van der Waals surface area (Å²) in [5.74, 6) is -0.472. The Hall–Kier alpha value is -1.50. The van der Waals surface area contributed by atoms with Crippen LogP contribution in [-0.4, -0.2) is 25.4 Å². The van der Waals surface area contributed by atoms with Crippen LogP contribution in [0.1, 0.15) is 104 Å². The van der Waals surface area contributed by atoms with Crippen LogP contribution in [0.2, 0.25) is 0 Å². The lowest BCUT2D eigenvalue weighted by Crippen LogP contribution is -2.34. The minimum absolute atomic E-state index is 0.256. The Morgan fingerprint density at radius 3 is 1.92 bits per heavy atom. The molecule has 0 heterocycles. The second-order valence-electron chi connectivity index (χ2n) is 12.3. The molecular weight excluding hydrogens is 496 g/mol. The largest absolute Gasteiger partial charge is 0.490 e. The van der Waals surface area contributed by atoms with E-state index in [4.69, 9.17) is 9.47 Å². The molecule has 0 saturated heterocycles. The summed E-state index contributed by atoms with van der Waals surface area (Å²) in [6.45, 7) is 3.71. The van der Waals surface area contributed by atoms with Gasteiger partial charge in [0.2, 0.25) is 11.6 Å². The van der Waals surface area contributed by atoms with Crippen molar-refractivity contribution in [3.63, 3.8) is 0 Å². The smallest absolute Gasteiger partial charge is 0.422 e. The highest BCUT2D eigenvalue weighted by Gasteiger charge is 2.36. The summed E-state index contributed by atoms with van der Waals surface area (Å²) in [6, 6.07) is 2.18. The summed E-state index contributed by atoms with van der Waals surface area (Å²) in [5.41, 5.74) is 0. The SMILES string of the molecule is CCCC1CCC(C2CCC(COc3ccc(OC(F)(F)COC4CCC(C)CC4)c(F)c3F)CC2)CC1. The van der Waals surface area contributed by atoms with Crippen LogP contribution < -0.4 is 9.47 Å². The van der Waals surface area contributed by atoms with Crippen LogP contribution >= 0.6 is 0 Å². The first-order chi connectivity index (χ1) is 18.2. The molecule has 3 fully saturated rings. The van der Waals surface area contributed by atoms with E-state index in [0.29, 0.717) is 31.3 Å². The molecule has 0 amide bonds. The molecule has 3 aliphatic rings.